The second-order valence-electron chi connectivity index (χ2n) is 5.04. The molecule has 0 unspecified atom stereocenters. The van der Waals surface area contributed by atoms with Gasteiger partial charge in [-0.05, 0) is 48.5 Å². The lowest BCUT2D eigenvalue weighted by Crippen LogP contribution is -1.84. The summed E-state index contributed by atoms with van der Waals surface area (Å²) in [5.74, 6) is 0.835. The number of nitrogens with one attached hydrogen (secondary N) is 1. The smallest absolute Gasteiger partial charge is 0.140 e. The van der Waals surface area contributed by atoms with Crippen LogP contribution >= 0.6 is 23.4 Å². The summed E-state index contributed by atoms with van der Waals surface area (Å²) in [5.41, 5.74) is 2.96. The summed E-state index contributed by atoms with van der Waals surface area (Å²) in [6.07, 6.45) is 1.84. The van der Waals surface area contributed by atoms with Gasteiger partial charge in [0.2, 0.25) is 0 Å². The first kappa shape index (κ1) is 14.3. The van der Waals surface area contributed by atoms with Gasteiger partial charge in [0, 0.05) is 21.7 Å². The van der Waals surface area contributed by atoms with Crippen molar-refractivity contribution in [2.24, 2.45) is 0 Å². The maximum absolute atomic E-state index is 5.90. The molecule has 4 rings (SSSR count). The molecule has 0 fully saturated rings. The zero-order valence-corrected chi connectivity index (χ0v) is 13.6. The molecular weight excluding hydrogens is 326 g/mol. The van der Waals surface area contributed by atoms with E-state index in [-0.39, 0.29) is 0 Å². The first-order valence-corrected chi connectivity index (χ1v) is 8.32. The number of para-hydroxylation sites is 2. The van der Waals surface area contributed by atoms with Crippen LogP contribution in [-0.4, -0.2) is 15.0 Å². The Morgan fingerprint density at radius 1 is 0.913 bits per heavy atom. The molecule has 2 aromatic carbocycles. The van der Waals surface area contributed by atoms with Crippen molar-refractivity contribution in [3.05, 3.63) is 71.9 Å². The van der Waals surface area contributed by atoms with Gasteiger partial charge in [-0.3, -0.25) is 0 Å². The number of aromatic amines is 1. The number of halogens is 1. The van der Waals surface area contributed by atoms with Gasteiger partial charge in [-0.15, -0.1) is 0 Å². The van der Waals surface area contributed by atoms with Gasteiger partial charge in [-0.25, -0.2) is 9.97 Å². The standard InChI is InChI=1S/C18H12ClN3S/c19-13-6-8-14(9-7-13)23-17-10-5-12(11-20-17)18-21-15-3-1-2-4-16(15)22-18/h1-11H,(H,21,22). The third-order valence-corrected chi connectivity index (χ3v) is 4.65. The maximum Gasteiger partial charge on any atom is 0.140 e. The van der Waals surface area contributed by atoms with Gasteiger partial charge < -0.3 is 4.98 Å². The Labute approximate surface area is 142 Å². The van der Waals surface area contributed by atoms with Crippen LogP contribution in [0.1, 0.15) is 0 Å². The van der Waals surface area contributed by atoms with Crippen LogP contribution in [0.2, 0.25) is 5.02 Å². The Morgan fingerprint density at radius 3 is 2.48 bits per heavy atom. The highest BCUT2D eigenvalue weighted by Crippen LogP contribution is 2.28. The molecule has 3 nitrogen and oxygen atoms in total. The van der Waals surface area contributed by atoms with Crippen LogP contribution in [-0.2, 0) is 0 Å². The number of fused-ring (bicyclic) bond motifs is 1. The van der Waals surface area contributed by atoms with Gasteiger partial charge in [-0.2, -0.15) is 0 Å². The molecule has 0 bridgehead atoms. The predicted molar refractivity (Wildman–Crippen MR) is 94.9 cm³/mol. The maximum atomic E-state index is 5.90. The number of pyridine rings is 1. The van der Waals surface area contributed by atoms with Crippen molar-refractivity contribution in [2.45, 2.75) is 9.92 Å². The molecule has 5 heteroatoms. The molecule has 0 amide bonds. The molecule has 0 aliphatic heterocycles. The van der Waals surface area contributed by atoms with Gasteiger partial charge in [0.05, 0.1) is 11.0 Å². The zero-order chi connectivity index (χ0) is 15.6. The lowest BCUT2D eigenvalue weighted by Gasteiger charge is -2.02. The summed E-state index contributed by atoms with van der Waals surface area (Å²) in [4.78, 5) is 13.5. The summed E-state index contributed by atoms with van der Waals surface area (Å²) in [6, 6.07) is 19.8. The number of nitrogens with zero attached hydrogens (tertiary/aromatic N) is 2. The SMILES string of the molecule is Clc1ccc(Sc2ccc(-c3nc4ccccc4[nH]3)cn2)cc1. The number of hydrogen-bond acceptors (Lipinski definition) is 3. The molecular formula is C18H12ClN3S. The summed E-state index contributed by atoms with van der Waals surface area (Å²) in [6.45, 7) is 0. The van der Waals surface area contributed by atoms with E-state index < -0.39 is 0 Å². The van der Waals surface area contributed by atoms with Crippen LogP contribution in [0.4, 0.5) is 0 Å². The molecule has 23 heavy (non-hydrogen) atoms. The van der Waals surface area contributed by atoms with Gasteiger partial charge in [0.25, 0.3) is 0 Å². The third kappa shape index (κ3) is 3.09. The van der Waals surface area contributed by atoms with Crippen molar-refractivity contribution in [2.75, 3.05) is 0 Å². The first-order chi connectivity index (χ1) is 11.3. The monoisotopic (exact) mass is 337 g/mol. The Morgan fingerprint density at radius 2 is 1.74 bits per heavy atom. The predicted octanol–water partition coefficient (Wildman–Crippen LogP) is 5.43. The summed E-state index contributed by atoms with van der Waals surface area (Å²) < 4.78 is 0. The molecule has 2 aromatic heterocycles. The number of imidazole rings is 1. The van der Waals surface area contributed by atoms with Crippen LogP contribution in [0.15, 0.2) is 76.8 Å². The fraction of sp³-hybridized carbons (Fsp3) is 0. The Balaban J connectivity index is 1.58. The lowest BCUT2D eigenvalue weighted by molar-refractivity contribution is 1.12. The van der Waals surface area contributed by atoms with Crippen LogP contribution in [0.25, 0.3) is 22.4 Å². The van der Waals surface area contributed by atoms with Crippen molar-refractivity contribution in [1.29, 1.82) is 0 Å². The van der Waals surface area contributed by atoms with Gasteiger partial charge in [0.15, 0.2) is 0 Å². The Kier molecular flexibility index (Phi) is 3.77. The van der Waals surface area contributed by atoms with Crippen molar-refractivity contribution in [3.8, 4) is 11.4 Å². The highest BCUT2D eigenvalue weighted by Gasteiger charge is 2.06. The van der Waals surface area contributed by atoms with Crippen LogP contribution in [0.5, 0.6) is 0 Å². The third-order valence-electron chi connectivity index (χ3n) is 3.44. The molecule has 1 N–H and O–H groups in total. The Bertz CT molecular complexity index is 913. The first-order valence-electron chi connectivity index (χ1n) is 7.12. The molecule has 0 aliphatic rings. The van der Waals surface area contributed by atoms with Crippen molar-refractivity contribution >= 4 is 34.4 Å². The minimum Gasteiger partial charge on any atom is -0.338 e. The Hall–Kier alpha value is -2.30. The van der Waals surface area contributed by atoms with E-state index in [1.54, 1.807) is 11.8 Å². The molecule has 0 saturated heterocycles. The van der Waals surface area contributed by atoms with E-state index in [0.29, 0.717) is 0 Å². The zero-order valence-electron chi connectivity index (χ0n) is 12.0. The van der Waals surface area contributed by atoms with E-state index in [2.05, 4.69) is 15.0 Å². The molecule has 2 heterocycles. The number of benzene rings is 2. The highest BCUT2D eigenvalue weighted by molar-refractivity contribution is 7.99. The molecule has 4 aromatic rings. The minimum absolute atomic E-state index is 0.738. The molecule has 0 radical (unpaired) electrons. The van der Waals surface area contributed by atoms with E-state index in [1.165, 1.54) is 0 Å². The summed E-state index contributed by atoms with van der Waals surface area (Å²) in [7, 11) is 0. The largest absolute Gasteiger partial charge is 0.338 e. The molecule has 112 valence electrons. The number of H-pyrrole nitrogens is 1. The van der Waals surface area contributed by atoms with E-state index in [4.69, 9.17) is 11.6 Å². The second kappa shape index (κ2) is 6.07. The fourth-order valence-corrected chi connectivity index (χ4v) is 3.17. The number of aromatic nitrogens is 3. The molecule has 0 saturated carbocycles. The van der Waals surface area contributed by atoms with Gasteiger partial charge >= 0.3 is 0 Å². The van der Waals surface area contributed by atoms with Crippen LogP contribution in [0.3, 0.4) is 0 Å². The average Bonchev–Trinajstić information content (AvgIpc) is 3.02. The quantitative estimate of drug-likeness (QED) is 0.542. The molecule has 0 spiro atoms. The minimum atomic E-state index is 0.738. The van der Waals surface area contributed by atoms with Crippen molar-refractivity contribution in [3.63, 3.8) is 0 Å². The van der Waals surface area contributed by atoms with E-state index >= 15 is 0 Å². The topological polar surface area (TPSA) is 41.6 Å². The van der Waals surface area contributed by atoms with E-state index in [9.17, 15) is 0 Å². The van der Waals surface area contributed by atoms with Crippen molar-refractivity contribution in [1.82, 2.24) is 15.0 Å². The van der Waals surface area contributed by atoms with Gasteiger partial charge in [-0.1, -0.05) is 35.5 Å². The summed E-state index contributed by atoms with van der Waals surface area (Å²) >= 11 is 7.51. The highest BCUT2D eigenvalue weighted by atomic mass is 35.5. The number of hydrogen-bond donors (Lipinski definition) is 1. The number of rotatable bonds is 3. The summed E-state index contributed by atoms with van der Waals surface area (Å²) in [5, 5.41) is 1.68. The fourth-order valence-electron chi connectivity index (χ4n) is 2.29. The second-order valence-corrected chi connectivity index (χ2v) is 6.57. The lowest BCUT2D eigenvalue weighted by atomic mass is 10.3. The average molecular weight is 338 g/mol. The normalized spacial score (nSPS) is 11.0. The van der Waals surface area contributed by atoms with Gasteiger partial charge in [0.1, 0.15) is 10.9 Å². The van der Waals surface area contributed by atoms with Crippen LogP contribution < -0.4 is 0 Å². The van der Waals surface area contributed by atoms with E-state index in [0.717, 1.165) is 37.4 Å². The van der Waals surface area contributed by atoms with Crippen LogP contribution in [0, 0.1) is 0 Å². The van der Waals surface area contributed by atoms with Crippen molar-refractivity contribution < 1.29 is 0 Å². The van der Waals surface area contributed by atoms with E-state index in [1.807, 2.05) is 66.9 Å². The molecule has 0 aliphatic carbocycles. The molecule has 0 atom stereocenters.